The first kappa shape index (κ1) is 17.8. The van der Waals surface area contributed by atoms with Crippen LogP contribution in [0.15, 0.2) is 29.3 Å². The third-order valence-corrected chi connectivity index (χ3v) is 5.71. The minimum atomic E-state index is -0.435. The Hall–Kier alpha value is -2.57. The molecule has 3 aliphatic rings. The van der Waals surface area contributed by atoms with Crippen molar-refractivity contribution in [3.8, 4) is 0 Å². The first-order chi connectivity index (χ1) is 13.0. The second-order valence-electron chi connectivity index (χ2n) is 7.56. The highest BCUT2D eigenvalue weighted by atomic mass is 16.2. The van der Waals surface area contributed by atoms with E-state index in [1.54, 1.807) is 11.9 Å². The van der Waals surface area contributed by atoms with Gasteiger partial charge < -0.3 is 14.7 Å². The van der Waals surface area contributed by atoms with E-state index < -0.39 is 12.2 Å². The zero-order valence-corrected chi connectivity index (χ0v) is 16.3. The normalized spacial score (nSPS) is 24.5. The van der Waals surface area contributed by atoms with Crippen LogP contribution < -0.4 is 4.90 Å². The van der Waals surface area contributed by atoms with Gasteiger partial charge in [0.25, 0.3) is 5.91 Å². The lowest BCUT2D eigenvalue weighted by atomic mass is 10.1. The van der Waals surface area contributed by atoms with Crippen molar-refractivity contribution in [2.75, 3.05) is 31.6 Å². The molecule has 4 rings (SSSR count). The molecule has 3 aliphatic heterocycles. The largest absolute Gasteiger partial charge is 0.328 e. The molecule has 3 heterocycles. The molecule has 0 aromatic heterocycles. The molecule has 27 heavy (non-hydrogen) atoms. The minimum absolute atomic E-state index is 0.108. The third kappa shape index (κ3) is 2.85. The van der Waals surface area contributed by atoms with Gasteiger partial charge in [0.05, 0.1) is 0 Å². The van der Waals surface area contributed by atoms with Gasteiger partial charge in [-0.1, -0.05) is 37.5 Å². The number of hydrogen-bond acceptors (Lipinski definition) is 5. The third-order valence-electron chi connectivity index (χ3n) is 5.71. The van der Waals surface area contributed by atoms with Crippen LogP contribution in [-0.2, 0) is 4.79 Å². The molecule has 2 saturated heterocycles. The van der Waals surface area contributed by atoms with E-state index in [9.17, 15) is 9.59 Å². The average Bonchev–Trinajstić information content (AvgIpc) is 3.23. The van der Waals surface area contributed by atoms with Gasteiger partial charge in [-0.25, -0.2) is 9.79 Å². The Labute approximate surface area is 160 Å². The lowest BCUT2D eigenvalue weighted by Crippen LogP contribution is -2.64. The second-order valence-corrected chi connectivity index (χ2v) is 7.56. The molecule has 1 aromatic rings. The van der Waals surface area contributed by atoms with Crippen LogP contribution in [0.1, 0.15) is 31.7 Å². The van der Waals surface area contributed by atoms with Crippen LogP contribution >= 0.6 is 0 Å². The molecule has 1 aromatic carbocycles. The van der Waals surface area contributed by atoms with Gasteiger partial charge in [-0.05, 0) is 25.5 Å². The summed E-state index contributed by atoms with van der Waals surface area (Å²) < 4.78 is 0. The van der Waals surface area contributed by atoms with Crippen LogP contribution in [0, 0.1) is 6.92 Å². The summed E-state index contributed by atoms with van der Waals surface area (Å²) in [6.45, 7) is 6.21. The number of imide groups is 1. The number of carbonyl (C=O) groups is 2. The quantitative estimate of drug-likeness (QED) is 0.747. The Morgan fingerprint density at radius 1 is 1.11 bits per heavy atom. The highest BCUT2D eigenvalue weighted by molar-refractivity contribution is 6.07. The van der Waals surface area contributed by atoms with Gasteiger partial charge in [0.2, 0.25) is 5.96 Å². The number of hydrogen-bond donors (Lipinski definition) is 0. The predicted molar refractivity (Wildman–Crippen MR) is 105 cm³/mol. The first-order valence-corrected chi connectivity index (χ1v) is 9.79. The molecule has 0 bridgehead atoms. The molecule has 7 heteroatoms. The van der Waals surface area contributed by atoms with E-state index in [2.05, 4.69) is 47.9 Å². The number of guanidine groups is 1. The minimum Gasteiger partial charge on any atom is -0.325 e. The Morgan fingerprint density at radius 2 is 1.85 bits per heavy atom. The van der Waals surface area contributed by atoms with Crippen molar-refractivity contribution in [1.82, 2.24) is 14.7 Å². The van der Waals surface area contributed by atoms with Crippen LogP contribution in [0.5, 0.6) is 0 Å². The SMILES string of the molecule is CCCCCN1C(=O)C2C(N=C3N(c4ccc(C)cc4)CCN32)N(C)C1=O. The molecule has 3 amide bonds. The van der Waals surface area contributed by atoms with Crippen LogP contribution in [0.25, 0.3) is 0 Å². The van der Waals surface area contributed by atoms with Gasteiger partial charge >= 0.3 is 6.03 Å². The summed E-state index contributed by atoms with van der Waals surface area (Å²) in [7, 11) is 1.75. The van der Waals surface area contributed by atoms with Crippen molar-refractivity contribution in [3.63, 3.8) is 0 Å². The molecule has 144 valence electrons. The lowest BCUT2D eigenvalue weighted by molar-refractivity contribution is -0.137. The number of fused-ring (bicyclic) bond motifs is 3. The number of aryl methyl sites for hydroxylation is 1. The van der Waals surface area contributed by atoms with Gasteiger partial charge in [0.15, 0.2) is 12.2 Å². The molecule has 2 unspecified atom stereocenters. The fourth-order valence-electron chi connectivity index (χ4n) is 4.13. The van der Waals surface area contributed by atoms with E-state index in [0.717, 1.165) is 44.0 Å². The number of unbranched alkanes of at least 4 members (excludes halogenated alkanes) is 2. The topological polar surface area (TPSA) is 59.5 Å². The molecule has 0 aliphatic carbocycles. The molecule has 2 fully saturated rings. The number of carbonyl (C=O) groups excluding carboxylic acids is 2. The summed E-state index contributed by atoms with van der Waals surface area (Å²) >= 11 is 0. The van der Waals surface area contributed by atoms with E-state index in [4.69, 9.17) is 4.99 Å². The molecule has 0 N–H and O–H groups in total. The Kier molecular flexibility index (Phi) is 4.53. The number of amides is 3. The van der Waals surface area contributed by atoms with Crippen molar-refractivity contribution < 1.29 is 9.59 Å². The molecule has 0 saturated carbocycles. The number of likely N-dealkylation sites (N-methyl/N-ethyl adjacent to an activating group) is 1. The fraction of sp³-hybridized carbons (Fsp3) is 0.550. The first-order valence-electron chi connectivity index (χ1n) is 9.79. The van der Waals surface area contributed by atoms with Gasteiger partial charge in [-0.15, -0.1) is 0 Å². The summed E-state index contributed by atoms with van der Waals surface area (Å²) in [6, 6.07) is 7.69. The monoisotopic (exact) mass is 369 g/mol. The van der Waals surface area contributed by atoms with E-state index in [-0.39, 0.29) is 11.9 Å². The van der Waals surface area contributed by atoms with E-state index in [0.29, 0.717) is 6.54 Å². The Bertz CT molecular complexity index is 775. The van der Waals surface area contributed by atoms with Crippen molar-refractivity contribution in [2.45, 2.75) is 45.3 Å². The molecule has 7 nitrogen and oxygen atoms in total. The van der Waals surface area contributed by atoms with Crippen molar-refractivity contribution in [3.05, 3.63) is 29.8 Å². The maximum absolute atomic E-state index is 13.1. The van der Waals surface area contributed by atoms with Crippen LogP contribution in [0.2, 0.25) is 0 Å². The van der Waals surface area contributed by atoms with E-state index >= 15 is 0 Å². The fourth-order valence-corrected chi connectivity index (χ4v) is 4.13. The predicted octanol–water partition coefficient (Wildman–Crippen LogP) is 2.27. The number of aliphatic imine (C=N–C) groups is 1. The zero-order valence-electron chi connectivity index (χ0n) is 16.3. The van der Waals surface area contributed by atoms with Gasteiger partial charge in [-0.3, -0.25) is 9.69 Å². The summed E-state index contributed by atoms with van der Waals surface area (Å²) in [4.78, 5) is 37.9. The van der Waals surface area contributed by atoms with Crippen LogP contribution in [0.3, 0.4) is 0 Å². The van der Waals surface area contributed by atoms with Crippen LogP contribution in [0.4, 0.5) is 10.5 Å². The smallest absolute Gasteiger partial charge is 0.325 e. The van der Waals surface area contributed by atoms with Gasteiger partial charge in [-0.2, -0.15) is 0 Å². The number of anilines is 1. The number of benzene rings is 1. The standard InChI is InChI=1S/C20H27N5O2/c1-4-5-6-11-25-18(26)16-17(22(3)20(25)27)21-19-23(12-13-24(16)19)15-9-7-14(2)8-10-15/h7-10,16-17H,4-6,11-13H2,1-3H3. The maximum Gasteiger partial charge on any atom is 0.328 e. The van der Waals surface area contributed by atoms with E-state index in [1.165, 1.54) is 10.5 Å². The Morgan fingerprint density at radius 3 is 2.56 bits per heavy atom. The highest BCUT2D eigenvalue weighted by Gasteiger charge is 2.54. The second kappa shape index (κ2) is 6.87. The van der Waals surface area contributed by atoms with Crippen molar-refractivity contribution in [2.24, 2.45) is 4.99 Å². The number of nitrogens with zero attached hydrogens (tertiary/aromatic N) is 5. The molecule has 0 spiro atoms. The average molecular weight is 369 g/mol. The summed E-state index contributed by atoms with van der Waals surface area (Å²) in [5.74, 6) is 0.695. The zero-order chi connectivity index (χ0) is 19.1. The van der Waals surface area contributed by atoms with Crippen molar-refractivity contribution >= 4 is 23.6 Å². The lowest BCUT2D eigenvalue weighted by Gasteiger charge is -2.40. The number of urea groups is 1. The summed E-state index contributed by atoms with van der Waals surface area (Å²) in [6.07, 6.45) is 2.49. The molecule has 0 radical (unpaired) electrons. The summed E-state index contributed by atoms with van der Waals surface area (Å²) in [5, 5.41) is 0. The van der Waals surface area contributed by atoms with Gasteiger partial charge in [0.1, 0.15) is 0 Å². The maximum atomic E-state index is 13.1. The molecule has 2 atom stereocenters. The van der Waals surface area contributed by atoms with Crippen molar-refractivity contribution in [1.29, 1.82) is 0 Å². The number of rotatable bonds is 5. The van der Waals surface area contributed by atoms with E-state index in [1.807, 2.05) is 0 Å². The van der Waals surface area contributed by atoms with Gasteiger partial charge in [0, 0.05) is 32.4 Å². The molecular weight excluding hydrogens is 342 g/mol. The Balaban J connectivity index is 1.59. The highest BCUT2D eigenvalue weighted by Crippen LogP contribution is 2.33. The van der Waals surface area contributed by atoms with Crippen LogP contribution in [-0.4, -0.2) is 71.5 Å². The summed E-state index contributed by atoms with van der Waals surface area (Å²) in [5.41, 5.74) is 2.28. The molecular formula is C20H27N5O2.